The summed E-state index contributed by atoms with van der Waals surface area (Å²) in [5.74, 6) is 0.904. The van der Waals surface area contributed by atoms with Gasteiger partial charge in [0.2, 0.25) is 0 Å². The summed E-state index contributed by atoms with van der Waals surface area (Å²) in [5, 5.41) is 0. The van der Waals surface area contributed by atoms with Crippen LogP contribution in [0.3, 0.4) is 0 Å². The first-order chi connectivity index (χ1) is 14.3. The molecular formula is C25H25NO2S. The van der Waals surface area contributed by atoms with Crippen LogP contribution in [-0.4, -0.2) is 12.9 Å². The van der Waals surface area contributed by atoms with Crippen LogP contribution in [0.2, 0.25) is 0 Å². The quantitative estimate of drug-likeness (QED) is 0.226. The van der Waals surface area contributed by atoms with Gasteiger partial charge in [0.15, 0.2) is 0 Å². The molecule has 0 N–H and O–H groups in total. The lowest BCUT2D eigenvalue weighted by atomic mass is 10.1. The Kier molecular flexibility index (Phi) is 6.20. The topological polar surface area (TPSA) is 29.5 Å². The van der Waals surface area contributed by atoms with Gasteiger partial charge >= 0.3 is 0 Å². The second kappa shape index (κ2) is 9.19. The molecule has 0 saturated heterocycles. The third-order valence-corrected chi connectivity index (χ3v) is 6.16. The zero-order valence-electron chi connectivity index (χ0n) is 16.6. The first-order valence-corrected chi connectivity index (χ1v) is 11.0. The van der Waals surface area contributed by atoms with Gasteiger partial charge < -0.3 is 9.64 Å². The summed E-state index contributed by atoms with van der Waals surface area (Å²) >= 11 is 1.71. The molecule has 148 valence electrons. The second-order valence-electron chi connectivity index (χ2n) is 7.15. The minimum Gasteiger partial charge on any atom is -0.494 e. The number of aldehydes is 1. The number of carbonyl (C=O) groups is 1. The highest BCUT2D eigenvalue weighted by molar-refractivity contribution is 7.99. The van der Waals surface area contributed by atoms with Crippen LogP contribution < -0.4 is 9.64 Å². The number of fused-ring (bicyclic) bond motifs is 2. The first kappa shape index (κ1) is 19.6. The standard InChI is InChI=1S/C25H25NO2S/c1-2-3-4-7-16-28-21-13-11-20(12-14-21)26-22-8-5-6-9-24(22)29-25-17-19(18-27)10-15-23(25)26/h5-6,8-15,17-18H,2-4,7,16H2,1H3. The lowest BCUT2D eigenvalue weighted by molar-refractivity contribution is 0.112. The number of anilines is 3. The molecular weight excluding hydrogens is 378 g/mol. The van der Waals surface area contributed by atoms with Crippen molar-refractivity contribution in [1.82, 2.24) is 0 Å². The fourth-order valence-electron chi connectivity index (χ4n) is 3.54. The number of ether oxygens (including phenoxy) is 1. The molecule has 4 rings (SSSR count). The summed E-state index contributed by atoms with van der Waals surface area (Å²) in [6.45, 7) is 2.98. The van der Waals surface area contributed by atoms with Crippen molar-refractivity contribution in [1.29, 1.82) is 0 Å². The average Bonchev–Trinajstić information content (AvgIpc) is 2.77. The van der Waals surface area contributed by atoms with E-state index in [9.17, 15) is 4.79 Å². The molecule has 3 aromatic rings. The van der Waals surface area contributed by atoms with Crippen molar-refractivity contribution >= 4 is 35.1 Å². The fourth-order valence-corrected chi connectivity index (χ4v) is 4.64. The van der Waals surface area contributed by atoms with E-state index in [1.165, 1.54) is 24.2 Å². The molecule has 0 aromatic heterocycles. The predicted molar refractivity (Wildman–Crippen MR) is 120 cm³/mol. The van der Waals surface area contributed by atoms with E-state index >= 15 is 0 Å². The molecule has 3 nitrogen and oxygen atoms in total. The van der Waals surface area contributed by atoms with Crippen LogP contribution in [0, 0.1) is 0 Å². The van der Waals surface area contributed by atoms with Crippen molar-refractivity contribution < 1.29 is 9.53 Å². The molecule has 0 atom stereocenters. The van der Waals surface area contributed by atoms with Crippen LogP contribution in [0.5, 0.6) is 5.75 Å². The van der Waals surface area contributed by atoms with E-state index in [4.69, 9.17) is 4.74 Å². The Morgan fingerprint density at radius 3 is 2.48 bits per heavy atom. The van der Waals surface area contributed by atoms with Crippen molar-refractivity contribution in [3.8, 4) is 5.75 Å². The Balaban J connectivity index is 1.60. The normalized spacial score (nSPS) is 12.2. The molecule has 1 aliphatic heterocycles. The molecule has 1 heterocycles. The maximum absolute atomic E-state index is 11.2. The van der Waals surface area contributed by atoms with Gasteiger partial charge in [0.1, 0.15) is 12.0 Å². The van der Waals surface area contributed by atoms with Crippen molar-refractivity contribution in [3.63, 3.8) is 0 Å². The molecule has 0 fully saturated rings. The van der Waals surface area contributed by atoms with Gasteiger partial charge in [-0.3, -0.25) is 4.79 Å². The van der Waals surface area contributed by atoms with E-state index in [0.29, 0.717) is 5.56 Å². The Labute approximate surface area is 176 Å². The fraction of sp³-hybridized carbons (Fsp3) is 0.240. The number of para-hydroxylation sites is 1. The Morgan fingerprint density at radius 1 is 0.897 bits per heavy atom. The number of hydrogen-bond acceptors (Lipinski definition) is 4. The van der Waals surface area contributed by atoms with Gasteiger partial charge in [-0.2, -0.15) is 0 Å². The molecule has 0 spiro atoms. The number of hydrogen-bond donors (Lipinski definition) is 0. The van der Waals surface area contributed by atoms with Gasteiger partial charge in [-0.1, -0.05) is 50.1 Å². The van der Waals surface area contributed by atoms with Crippen molar-refractivity contribution in [2.75, 3.05) is 11.5 Å². The minimum absolute atomic E-state index is 0.697. The van der Waals surface area contributed by atoms with Crippen LogP contribution >= 0.6 is 11.8 Å². The summed E-state index contributed by atoms with van der Waals surface area (Å²) in [5.41, 5.74) is 4.02. The van der Waals surface area contributed by atoms with Crippen LogP contribution in [0.1, 0.15) is 43.0 Å². The predicted octanol–water partition coefficient (Wildman–Crippen LogP) is 7.39. The maximum Gasteiger partial charge on any atom is 0.150 e. The zero-order chi connectivity index (χ0) is 20.1. The molecule has 0 bridgehead atoms. The molecule has 0 amide bonds. The number of carbonyl (C=O) groups excluding carboxylic acids is 1. The average molecular weight is 404 g/mol. The summed E-state index contributed by atoms with van der Waals surface area (Å²) in [4.78, 5) is 15.8. The van der Waals surface area contributed by atoms with Gasteiger partial charge in [-0.25, -0.2) is 0 Å². The summed E-state index contributed by atoms with van der Waals surface area (Å²) < 4.78 is 5.90. The van der Waals surface area contributed by atoms with Gasteiger partial charge in [0.05, 0.1) is 18.0 Å². The van der Waals surface area contributed by atoms with Gasteiger partial charge in [0.25, 0.3) is 0 Å². The van der Waals surface area contributed by atoms with Gasteiger partial charge in [-0.15, -0.1) is 0 Å². The molecule has 29 heavy (non-hydrogen) atoms. The van der Waals surface area contributed by atoms with Crippen molar-refractivity contribution in [2.45, 2.75) is 42.4 Å². The minimum atomic E-state index is 0.697. The zero-order valence-corrected chi connectivity index (χ0v) is 17.5. The number of benzene rings is 3. The van der Waals surface area contributed by atoms with E-state index < -0.39 is 0 Å². The van der Waals surface area contributed by atoms with Gasteiger partial charge in [0, 0.05) is 21.0 Å². The number of unbranched alkanes of at least 4 members (excludes halogenated alkanes) is 3. The van der Waals surface area contributed by atoms with E-state index in [1.54, 1.807) is 11.8 Å². The molecule has 3 aromatic carbocycles. The van der Waals surface area contributed by atoms with Gasteiger partial charge in [-0.05, 0) is 61.0 Å². The Hall–Kier alpha value is -2.72. The summed E-state index contributed by atoms with van der Waals surface area (Å²) in [7, 11) is 0. The summed E-state index contributed by atoms with van der Waals surface area (Å²) in [6.07, 6.45) is 5.72. The number of rotatable bonds is 8. The lowest BCUT2D eigenvalue weighted by Crippen LogP contribution is -2.15. The highest BCUT2D eigenvalue weighted by Gasteiger charge is 2.24. The number of nitrogens with zero attached hydrogens (tertiary/aromatic N) is 1. The maximum atomic E-state index is 11.2. The Bertz CT molecular complexity index is 984. The van der Waals surface area contributed by atoms with E-state index in [2.05, 4.69) is 42.2 Å². The SMILES string of the molecule is CCCCCCOc1ccc(N2c3ccccc3Sc3cc(C=O)ccc32)cc1. The van der Waals surface area contributed by atoms with E-state index in [1.807, 2.05) is 36.4 Å². The largest absolute Gasteiger partial charge is 0.494 e. The van der Waals surface area contributed by atoms with E-state index in [-0.39, 0.29) is 0 Å². The third-order valence-electron chi connectivity index (χ3n) is 5.05. The Morgan fingerprint density at radius 2 is 1.69 bits per heavy atom. The monoisotopic (exact) mass is 403 g/mol. The van der Waals surface area contributed by atoms with Crippen molar-refractivity contribution in [2.24, 2.45) is 0 Å². The highest BCUT2D eigenvalue weighted by Crippen LogP contribution is 2.51. The third kappa shape index (κ3) is 4.33. The highest BCUT2D eigenvalue weighted by atomic mass is 32.2. The van der Waals surface area contributed by atoms with E-state index in [0.717, 1.165) is 47.0 Å². The van der Waals surface area contributed by atoms with Crippen LogP contribution in [0.25, 0.3) is 0 Å². The van der Waals surface area contributed by atoms with Crippen LogP contribution in [0.15, 0.2) is 76.5 Å². The van der Waals surface area contributed by atoms with Crippen LogP contribution in [0.4, 0.5) is 17.1 Å². The molecule has 4 heteroatoms. The molecule has 0 saturated carbocycles. The lowest BCUT2D eigenvalue weighted by Gasteiger charge is -2.33. The van der Waals surface area contributed by atoms with Crippen molar-refractivity contribution in [3.05, 3.63) is 72.3 Å². The smallest absolute Gasteiger partial charge is 0.150 e. The summed E-state index contributed by atoms with van der Waals surface area (Å²) in [6, 6.07) is 22.5. The second-order valence-corrected chi connectivity index (χ2v) is 8.24. The molecule has 0 radical (unpaired) electrons. The molecule has 0 unspecified atom stereocenters. The molecule has 1 aliphatic rings. The van der Waals surface area contributed by atoms with Crippen LogP contribution in [-0.2, 0) is 0 Å². The molecule has 0 aliphatic carbocycles. The first-order valence-electron chi connectivity index (χ1n) is 10.2.